The van der Waals surface area contributed by atoms with E-state index in [1.807, 2.05) is 37.3 Å². The summed E-state index contributed by atoms with van der Waals surface area (Å²) in [6.45, 7) is 2.12. The Morgan fingerprint density at radius 3 is 2.70 bits per heavy atom. The fraction of sp³-hybridized carbons (Fsp3) is 0.286. The topological polar surface area (TPSA) is 85.9 Å². The number of hydrogen-bond acceptors (Lipinski definition) is 5. The van der Waals surface area contributed by atoms with Crippen molar-refractivity contribution in [3.63, 3.8) is 0 Å². The number of nitrogens with zero attached hydrogens (tertiary/aromatic N) is 3. The van der Waals surface area contributed by atoms with Crippen molar-refractivity contribution in [1.29, 1.82) is 5.26 Å². The molecule has 2 aromatic carbocycles. The van der Waals surface area contributed by atoms with Gasteiger partial charge in [0.05, 0.1) is 30.5 Å². The molecule has 1 aliphatic heterocycles. The lowest BCUT2D eigenvalue weighted by Gasteiger charge is -2.22. The van der Waals surface area contributed by atoms with Gasteiger partial charge in [0.1, 0.15) is 13.2 Å². The number of hydrogen-bond donors (Lipinski definition) is 1. The van der Waals surface area contributed by atoms with Crippen LogP contribution in [-0.4, -0.2) is 47.9 Å². The molecule has 6 heteroatoms. The zero-order valence-electron chi connectivity index (χ0n) is 15.3. The van der Waals surface area contributed by atoms with Crippen LogP contribution in [0.2, 0.25) is 0 Å². The fourth-order valence-electron chi connectivity index (χ4n) is 3.38. The molecule has 0 bridgehead atoms. The Labute approximate surface area is 158 Å². The molecular weight excluding hydrogens is 342 g/mol. The predicted molar refractivity (Wildman–Crippen MR) is 102 cm³/mol. The van der Waals surface area contributed by atoms with Crippen molar-refractivity contribution in [2.45, 2.75) is 19.4 Å². The molecule has 1 fully saturated rings. The van der Waals surface area contributed by atoms with Crippen LogP contribution in [0.3, 0.4) is 0 Å². The van der Waals surface area contributed by atoms with Gasteiger partial charge in [-0.2, -0.15) is 5.26 Å². The van der Waals surface area contributed by atoms with Gasteiger partial charge in [0.25, 0.3) is 5.91 Å². The lowest BCUT2D eigenvalue weighted by molar-refractivity contribution is 0.0680. The first-order valence-electron chi connectivity index (χ1n) is 8.70. The Kier molecular flexibility index (Phi) is 5.53. The highest BCUT2D eigenvalue weighted by Crippen LogP contribution is 2.27. The van der Waals surface area contributed by atoms with Crippen molar-refractivity contribution >= 4 is 11.6 Å². The number of nitriles is 1. The first-order valence-corrected chi connectivity index (χ1v) is 8.70. The minimum atomic E-state index is -0.298. The van der Waals surface area contributed by atoms with E-state index >= 15 is 0 Å². The standard InChI is InChI=1S/C21H21N3O3/c1-14-4-3-5-19(20(14)11-22)15-6-8-16(9-7-15)21(26)24-12-17(23-27-2)10-18(24)13-25/h3-9,18,25H,10,12-13H2,1-2H3. The van der Waals surface area contributed by atoms with Gasteiger partial charge in [-0.05, 0) is 35.7 Å². The van der Waals surface area contributed by atoms with Crippen molar-refractivity contribution in [2.75, 3.05) is 20.3 Å². The van der Waals surface area contributed by atoms with Gasteiger partial charge in [0.15, 0.2) is 0 Å². The Hall–Kier alpha value is -3.17. The Morgan fingerprint density at radius 2 is 2.07 bits per heavy atom. The van der Waals surface area contributed by atoms with Gasteiger partial charge in [0.2, 0.25) is 0 Å². The molecule has 0 spiro atoms. The van der Waals surface area contributed by atoms with Crippen LogP contribution in [0, 0.1) is 18.3 Å². The molecule has 0 aliphatic carbocycles. The smallest absolute Gasteiger partial charge is 0.254 e. The van der Waals surface area contributed by atoms with Gasteiger partial charge >= 0.3 is 0 Å². The predicted octanol–water partition coefficient (Wildman–Crippen LogP) is 2.74. The number of carbonyl (C=O) groups excluding carboxylic acids is 1. The SMILES string of the molecule is CON=C1CC(CO)N(C(=O)c2ccc(-c3cccc(C)c3C#N)cc2)C1. The van der Waals surface area contributed by atoms with Crippen LogP contribution >= 0.6 is 0 Å². The summed E-state index contributed by atoms with van der Waals surface area (Å²) in [6.07, 6.45) is 0.503. The summed E-state index contributed by atoms with van der Waals surface area (Å²) < 4.78 is 0. The van der Waals surface area contributed by atoms with Crippen molar-refractivity contribution in [2.24, 2.45) is 5.16 Å². The number of carbonyl (C=O) groups is 1. The zero-order valence-corrected chi connectivity index (χ0v) is 15.3. The summed E-state index contributed by atoms with van der Waals surface area (Å²) in [5, 5.41) is 22.9. The summed E-state index contributed by atoms with van der Waals surface area (Å²) in [6, 6.07) is 14.9. The molecule has 1 amide bonds. The Morgan fingerprint density at radius 1 is 1.33 bits per heavy atom. The molecule has 6 nitrogen and oxygen atoms in total. The molecule has 2 aromatic rings. The van der Waals surface area contributed by atoms with Gasteiger partial charge in [-0.25, -0.2) is 0 Å². The molecule has 3 rings (SSSR count). The molecule has 0 saturated carbocycles. The normalized spacial score (nSPS) is 17.8. The second-order valence-electron chi connectivity index (χ2n) is 6.50. The van der Waals surface area contributed by atoms with E-state index < -0.39 is 0 Å². The Bertz CT molecular complexity index is 913. The highest BCUT2D eigenvalue weighted by atomic mass is 16.6. The molecule has 27 heavy (non-hydrogen) atoms. The lowest BCUT2D eigenvalue weighted by Crippen LogP contribution is -2.37. The highest BCUT2D eigenvalue weighted by molar-refractivity contribution is 6.00. The largest absolute Gasteiger partial charge is 0.399 e. The van der Waals surface area contributed by atoms with Crippen LogP contribution in [-0.2, 0) is 4.84 Å². The third kappa shape index (κ3) is 3.69. The van der Waals surface area contributed by atoms with Crippen LogP contribution < -0.4 is 0 Å². The number of benzene rings is 2. The maximum absolute atomic E-state index is 12.9. The minimum Gasteiger partial charge on any atom is -0.399 e. The molecule has 0 aromatic heterocycles. The van der Waals surface area contributed by atoms with Crippen molar-refractivity contribution in [1.82, 2.24) is 4.90 Å². The van der Waals surface area contributed by atoms with Crippen LogP contribution in [0.4, 0.5) is 0 Å². The van der Waals surface area contributed by atoms with Gasteiger partial charge in [-0.15, -0.1) is 0 Å². The van der Waals surface area contributed by atoms with E-state index in [1.54, 1.807) is 17.0 Å². The first kappa shape index (κ1) is 18.6. The number of oxime groups is 1. The Balaban J connectivity index is 1.86. The highest BCUT2D eigenvalue weighted by Gasteiger charge is 2.33. The molecular formula is C21H21N3O3. The molecule has 1 saturated heterocycles. The van der Waals surface area contributed by atoms with E-state index in [0.29, 0.717) is 24.1 Å². The second-order valence-corrected chi connectivity index (χ2v) is 6.50. The molecule has 1 aliphatic rings. The average molecular weight is 363 g/mol. The van der Waals surface area contributed by atoms with E-state index in [1.165, 1.54) is 7.11 Å². The van der Waals surface area contributed by atoms with Crippen molar-refractivity contribution < 1.29 is 14.7 Å². The van der Waals surface area contributed by atoms with Crippen molar-refractivity contribution in [3.05, 3.63) is 59.2 Å². The molecule has 0 radical (unpaired) electrons. The van der Waals surface area contributed by atoms with Gasteiger partial charge in [0, 0.05) is 12.0 Å². The number of aliphatic hydroxyl groups excluding tert-OH is 1. The quantitative estimate of drug-likeness (QED) is 0.847. The zero-order chi connectivity index (χ0) is 19.4. The minimum absolute atomic E-state index is 0.124. The van der Waals surface area contributed by atoms with Crippen molar-refractivity contribution in [3.8, 4) is 17.2 Å². The average Bonchev–Trinajstić information content (AvgIpc) is 3.10. The monoisotopic (exact) mass is 363 g/mol. The van der Waals surface area contributed by atoms with E-state index in [0.717, 1.165) is 22.4 Å². The third-order valence-corrected chi connectivity index (χ3v) is 4.78. The summed E-state index contributed by atoms with van der Waals surface area (Å²) >= 11 is 0. The third-order valence-electron chi connectivity index (χ3n) is 4.78. The number of aryl methyl sites for hydroxylation is 1. The molecule has 1 N–H and O–H groups in total. The number of amides is 1. The van der Waals surface area contributed by atoms with Gasteiger partial charge < -0.3 is 14.8 Å². The molecule has 1 atom stereocenters. The second kappa shape index (κ2) is 8.02. The van der Waals surface area contributed by atoms with E-state index in [9.17, 15) is 15.2 Å². The van der Waals surface area contributed by atoms with Crippen LogP contribution in [0.1, 0.15) is 27.9 Å². The van der Waals surface area contributed by atoms with Crippen LogP contribution in [0.25, 0.3) is 11.1 Å². The van der Waals surface area contributed by atoms with Gasteiger partial charge in [-0.1, -0.05) is 35.5 Å². The maximum atomic E-state index is 12.9. The van der Waals surface area contributed by atoms with E-state index in [2.05, 4.69) is 11.2 Å². The number of aliphatic hydroxyl groups is 1. The number of rotatable bonds is 4. The molecule has 138 valence electrons. The fourth-order valence-corrected chi connectivity index (χ4v) is 3.38. The number of likely N-dealkylation sites (tertiary alicyclic amines) is 1. The van der Waals surface area contributed by atoms with Gasteiger partial charge in [-0.3, -0.25) is 4.79 Å². The maximum Gasteiger partial charge on any atom is 0.254 e. The van der Waals surface area contributed by atoms with Crippen LogP contribution in [0.15, 0.2) is 47.6 Å². The molecule has 1 unspecified atom stereocenters. The lowest BCUT2D eigenvalue weighted by atomic mass is 9.96. The summed E-state index contributed by atoms with van der Waals surface area (Å²) in [5.74, 6) is -0.161. The summed E-state index contributed by atoms with van der Waals surface area (Å²) in [5.41, 5.74) is 4.55. The van der Waals surface area contributed by atoms with E-state index in [4.69, 9.17) is 4.84 Å². The van der Waals surface area contributed by atoms with Crippen LogP contribution in [0.5, 0.6) is 0 Å². The van der Waals surface area contributed by atoms with E-state index in [-0.39, 0.29) is 18.6 Å². The first-order chi connectivity index (χ1) is 13.1. The molecule has 1 heterocycles. The summed E-state index contributed by atoms with van der Waals surface area (Å²) in [7, 11) is 1.46. The summed E-state index contributed by atoms with van der Waals surface area (Å²) in [4.78, 5) is 19.3.